The third kappa shape index (κ3) is 3.23. The zero-order valence-electron chi connectivity index (χ0n) is 13.0. The van der Waals surface area contributed by atoms with E-state index in [-0.39, 0.29) is 5.75 Å². The molecule has 0 unspecified atom stereocenters. The molecule has 0 radical (unpaired) electrons. The number of aromatic nitrogens is 1. The lowest BCUT2D eigenvalue weighted by Gasteiger charge is -2.07. The molecule has 3 rings (SSSR count). The van der Waals surface area contributed by atoms with E-state index in [2.05, 4.69) is 16.9 Å². The van der Waals surface area contributed by atoms with Crippen LogP contribution in [0.4, 0.5) is 10.1 Å². The average molecular weight is 341 g/mol. The van der Waals surface area contributed by atoms with Gasteiger partial charge >= 0.3 is 0 Å². The van der Waals surface area contributed by atoms with Crippen LogP contribution in [0.2, 0.25) is 0 Å². The Morgan fingerprint density at radius 3 is 2.92 bits per heavy atom. The molecular weight excluding hydrogens is 325 g/mol. The second-order valence-corrected chi connectivity index (χ2v) is 6.10. The minimum atomic E-state index is -0.504. The van der Waals surface area contributed by atoms with E-state index in [4.69, 9.17) is 10.5 Å². The van der Waals surface area contributed by atoms with Gasteiger partial charge in [-0.3, -0.25) is 4.98 Å². The van der Waals surface area contributed by atoms with Gasteiger partial charge in [0.25, 0.3) is 0 Å². The highest BCUT2D eigenvalue weighted by Gasteiger charge is 2.12. The number of hydrogen-bond donors (Lipinski definition) is 2. The van der Waals surface area contributed by atoms with Crippen LogP contribution in [-0.4, -0.2) is 4.98 Å². The Hall–Kier alpha value is -2.86. The Labute approximate surface area is 143 Å². The first-order valence-corrected chi connectivity index (χ1v) is 8.08. The number of rotatable bonds is 5. The monoisotopic (exact) mass is 341 g/mol. The minimum absolute atomic E-state index is 0.123. The molecular formula is C18H16FN3OS. The molecule has 1 aromatic carbocycles. The van der Waals surface area contributed by atoms with Gasteiger partial charge in [0.15, 0.2) is 11.6 Å². The summed E-state index contributed by atoms with van der Waals surface area (Å²) in [5.74, 6) is 0.159. The smallest absolute Gasteiger partial charge is 0.167 e. The van der Waals surface area contributed by atoms with E-state index < -0.39 is 5.82 Å². The van der Waals surface area contributed by atoms with Gasteiger partial charge in [0.05, 0.1) is 15.1 Å². The van der Waals surface area contributed by atoms with Gasteiger partial charge in [-0.2, -0.15) is 0 Å². The number of nitrogens with one attached hydrogen (secondary N) is 1. The van der Waals surface area contributed by atoms with Crippen molar-refractivity contribution in [2.24, 2.45) is 0 Å². The topological polar surface area (TPSA) is 60.2 Å². The number of thiophene rings is 1. The number of halogens is 1. The first-order chi connectivity index (χ1) is 11.6. The van der Waals surface area contributed by atoms with Crippen molar-refractivity contribution < 1.29 is 9.13 Å². The zero-order chi connectivity index (χ0) is 17.1. The molecule has 0 fully saturated rings. The fourth-order valence-electron chi connectivity index (χ4n) is 2.12. The van der Waals surface area contributed by atoms with Gasteiger partial charge < -0.3 is 15.8 Å². The predicted octanol–water partition coefficient (Wildman–Crippen LogP) is 4.90. The van der Waals surface area contributed by atoms with Gasteiger partial charge in [-0.25, -0.2) is 4.39 Å². The Bertz CT molecular complexity index is 933. The second kappa shape index (κ2) is 6.72. The van der Waals surface area contributed by atoms with Crippen molar-refractivity contribution in [3.63, 3.8) is 0 Å². The van der Waals surface area contributed by atoms with Crippen LogP contribution in [0, 0.1) is 5.82 Å². The third-order valence-corrected chi connectivity index (χ3v) is 4.47. The summed E-state index contributed by atoms with van der Waals surface area (Å²) in [4.78, 5) is 5.27. The number of ether oxygens (including phenoxy) is 1. The molecule has 122 valence electrons. The molecule has 0 atom stereocenters. The number of nitrogens with zero attached hydrogens (tertiary/aromatic N) is 1. The molecule has 0 aliphatic rings. The molecule has 0 aliphatic carbocycles. The molecule has 4 nitrogen and oxygen atoms in total. The number of nitrogens with two attached hydrogens (primary N) is 1. The molecule has 3 aromatic rings. The van der Waals surface area contributed by atoms with E-state index in [1.165, 1.54) is 23.5 Å². The Balaban J connectivity index is 1.96. The predicted molar refractivity (Wildman–Crippen MR) is 97.5 cm³/mol. The number of anilines is 1. The van der Waals surface area contributed by atoms with E-state index in [1.807, 2.05) is 19.1 Å². The van der Waals surface area contributed by atoms with Gasteiger partial charge in [-0.05, 0) is 31.3 Å². The average Bonchev–Trinajstić information content (AvgIpc) is 3.00. The highest BCUT2D eigenvalue weighted by molar-refractivity contribution is 7.20. The zero-order valence-corrected chi connectivity index (χ0v) is 13.9. The second-order valence-electron chi connectivity index (χ2n) is 5.05. The maximum absolute atomic E-state index is 14.0. The fourth-order valence-corrected chi connectivity index (χ4v) is 3.12. The lowest BCUT2D eigenvalue weighted by molar-refractivity contribution is 0.447. The van der Waals surface area contributed by atoms with E-state index in [9.17, 15) is 4.39 Å². The molecule has 0 spiro atoms. The Morgan fingerprint density at radius 2 is 2.17 bits per heavy atom. The first kappa shape index (κ1) is 16.0. The van der Waals surface area contributed by atoms with Crippen LogP contribution in [-0.2, 0) is 0 Å². The largest absolute Gasteiger partial charge is 0.453 e. The summed E-state index contributed by atoms with van der Waals surface area (Å²) in [6.07, 6.45) is 5.32. The maximum Gasteiger partial charge on any atom is 0.167 e. The first-order valence-electron chi connectivity index (χ1n) is 7.27. The fraction of sp³-hybridized carbons (Fsp3) is 0.0556. The summed E-state index contributed by atoms with van der Waals surface area (Å²) in [6.45, 7) is 5.92. The van der Waals surface area contributed by atoms with E-state index >= 15 is 0 Å². The van der Waals surface area contributed by atoms with Crippen LogP contribution in [0.3, 0.4) is 0 Å². The van der Waals surface area contributed by atoms with Gasteiger partial charge in [0.1, 0.15) is 5.75 Å². The molecule has 0 amide bonds. The molecule has 2 aromatic heterocycles. The summed E-state index contributed by atoms with van der Waals surface area (Å²) < 4.78 is 20.5. The lowest BCUT2D eigenvalue weighted by atomic mass is 10.3. The number of pyridine rings is 1. The Kier molecular flexibility index (Phi) is 4.48. The molecule has 0 saturated heterocycles. The molecule has 2 heterocycles. The Morgan fingerprint density at radius 1 is 1.33 bits per heavy atom. The van der Waals surface area contributed by atoms with Crippen molar-refractivity contribution in [3.8, 4) is 11.5 Å². The summed E-state index contributed by atoms with van der Waals surface area (Å²) in [7, 11) is 0. The molecule has 0 aliphatic heterocycles. The molecule has 3 N–H and O–H groups in total. The maximum atomic E-state index is 14.0. The van der Waals surface area contributed by atoms with Gasteiger partial charge in [0, 0.05) is 29.7 Å². The van der Waals surface area contributed by atoms with Gasteiger partial charge in [0.2, 0.25) is 0 Å². The lowest BCUT2D eigenvalue weighted by Crippen LogP contribution is -1.99. The highest BCUT2D eigenvalue weighted by Crippen LogP contribution is 2.37. The van der Waals surface area contributed by atoms with Crippen molar-refractivity contribution >= 4 is 32.9 Å². The molecule has 0 saturated carbocycles. The number of nitrogen functional groups attached to an aromatic ring is 1. The van der Waals surface area contributed by atoms with Crippen molar-refractivity contribution in [2.75, 3.05) is 5.73 Å². The van der Waals surface area contributed by atoms with Crippen LogP contribution in [0.15, 0.2) is 55.4 Å². The summed E-state index contributed by atoms with van der Waals surface area (Å²) in [5.41, 5.74) is 7.45. The van der Waals surface area contributed by atoms with Gasteiger partial charge in [-0.1, -0.05) is 12.7 Å². The van der Waals surface area contributed by atoms with Crippen molar-refractivity contribution in [3.05, 3.63) is 66.1 Å². The number of fused-ring (bicyclic) bond motifs is 1. The molecule has 24 heavy (non-hydrogen) atoms. The van der Waals surface area contributed by atoms with Crippen molar-refractivity contribution in [2.45, 2.75) is 6.92 Å². The highest BCUT2D eigenvalue weighted by atomic mass is 32.1. The van der Waals surface area contributed by atoms with Crippen molar-refractivity contribution in [1.82, 2.24) is 10.3 Å². The van der Waals surface area contributed by atoms with Gasteiger partial charge in [-0.15, -0.1) is 11.3 Å². The van der Waals surface area contributed by atoms with Crippen LogP contribution in [0.1, 0.15) is 11.8 Å². The van der Waals surface area contributed by atoms with Crippen LogP contribution >= 0.6 is 11.3 Å². The van der Waals surface area contributed by atoms with Crippen LogP contribution in [0.25, 0.3) is 15.9 Å². The standard InChI is InChI=1S/C18H16FN3OS/c1-3-7-21-11(2)17-10-14-18(24-17)16(6-8-22-14)23-15-5-4-12(20)9-13(15)19/h3-10,21H,2,20H2,1H3/b7-3-. The number of hydrogen-bond acceptors (Lipinski definition) is 5. The summed E-state index contributed by atoms with van der Waals surface area (Å²) >= 11 is 1.48. The number of allylic oxidation sites excluding steroid dienone is 1. The van der Waals surface area contributed by atoms with E-state index in [1.54, 1.807) is 24.5 Å². The summed E-state index contributed by atoms with van der Waals surface area (Å²) in [6, 6.07) is 7.97. The summed E-state index contributed by atoms with van der Waals surface area (Å²) in [5, 5.41) is 3.09. The quantitative estimate of drug-likeness (QED) is 0.648. The van der Waals surface area contributed by atoms with E-state index in [0.29, 0.717) is 11.4 Å². The van der Waals surface area contributed by atoms with E-state index in [0.717, 1.165) is 20.8 Å². The normalized spacial score (nSPS) is 11.1. The molecule has 0 bridgehead atoms. The number of benzene rings is 1. The third-order valence-electron chi connectivity index (χ3n) is 3.27. The van der Waals surface area contributed by atoms with Crippen LogP contribution < -0.4 is 15.8 Å². The molecule has 6 heteroatoms. The SMILES string of the molecule is C=C(N/C=C\C)c1cc2nccc(Oc3ccc(N)cc3F)c2s1. The van der Waals surface area contributed by atoms with Crippen molar-refractivity contribution in [1.29, 1.82) is 0 Å². The minimum Gasteiger partial charge on any atom is -0.453 e. The van der Waals surface area contributed by atoms with Crippen LogP contribution in [0.5, 0.6) is 11.5 Å².